The molecule has 0 radical (unpaired) electrons. The lowest BCUT2D eigenvalue weighted by atomic mass is 10.1. The quantitative estimate of drug-likeness (QED) is 0.561. The smallest absolute Gasteiger partial charge is 0.366 e. The van der Waals surface area contributed by atoms with Crippen molar-refractivity contribution in [1.82, 2.24) is 0 Å². The zero-order chi connectivity index (χ0) is 8.41. The normalized spacial score (nSPS) is 18.6. The molecule has 1 nitrogen and oxygen atoms in total. The van der Waals surface area contributed by atoms with Crippen LogP contribution in [0.3, 0.4) is 0 Å². The van der Waals surface area contributed by atoms with Gasteiger partial charge >= 0.3 is 6.18 Å². The largest absolute Gasteiger partial charge is 0.419 e. The van der Waals surface area contributed by atoms with E-state index in [1.165, 1.54) is 0 Å². The maximum Gasteiger partial charge on any atom is 0.419 e. The maximum absolute atomic E-state index is 11.7. The van der Waals surface area contributed by atoms with Gasteiger partial charge in [0, 0.05) is 7.11 Å². The van der Waals surface area contributed by atoms with E-state index >= 15 is 0 Å². The Labute approximate surface area is 56.0 Å². The van der Waals surface area contributed by atoms with E-state index in [-0.39, 0.29) is 0 Å². The van der Waals surface area contributed by atoms with Crippen LogP contribution in [-0.2, 0) is 4.74 Å². The molecule has 0 aromatic heterocycles. The fraction of sp³-hybridized carbons (Fsp3) is 1.00. The first kappa shape index (κ1) is 9.68. The highest BCUT2D eigenvalue weighted by Gasteiger charge is 2.51. The molecule has 0 fully saturated rings. The van der Waals surface area contributed by atoms with E-state index in [0.717, 1.165) is 7.11 Å². The van der Waals surface area contributed by atoms with Gasteiger partial charge < -0.3 is 4.74 Å². The number of halogens is 4. The molecule has 0 amide bonds. The first-order chi connectivity index (χ1) is 4.37. The Morgan fingerprint density at radius 3 is 1.70 bits per heavy atom. The third-order valence-corrected chi connectivity index (χ3v) is 1.31. The molecule has 0 saturated heterocycles. The summed E-state index contributed by atoms with van der Waals surface area (Å²) in [7, 11) is 0.826. The molecule has 0 heterocycles. The number of alkyl halides is 4. The molecule has 5 heteroatoms. The summed E-state index contributed by atoms with van der Waals surface area (Å²) in [4.78, 5) is 0. The van der Waals surface area contributed by atoms with E-state index in [0.29, 0.717) is 6.92 Å². The summed E-state index contributed by atoms with van der Waals surface area (Å²) in [5, 5.41) is 0. The van der Waals surface area contributed by atoms with Crippen LogP contribution in [0.4, 0.5) is 17.6 Å². The Hall–Kier alpha value is -0.320. The molecule has 0 rings (SSSR count). The van der Waals surface area contributed by atoms with Gasteiger partial charge in [-0.3, -0.25) is 0 Å². The molecule has 0 saturated carbocycles. The molecule has 0 spiro atoms. The molecule has 1 unspecified atom stereocenters. The molecule has 0 aromatic carbocycles. The number of rotatable bonds is 2. The number of hydrogen-bond acceptors (Lipinski definition) is 1. The number of methoxy groups -OCH3 is 1. The number of hydrogen-bond donors (Lipinski definition) is 0. The SMILES string of the molecule is COC(C)(CF)C(F)(F)F. The average molecular weight is 160 g/mol. The summed E-state index contributed by atoms with van der Waals surface area (Å²) in [5.74, 6) is 0. The second-order valence-corrected chi connectivity index (χ2v) is 2.07. The Kier molecular flexibility index (Phi) is 2.65. The van der Waals surface area contributed by atoms with Gasteiger partial charge in [-0.05, 0) is 6.92 Å². The van der Waals surface area contributed by atoms with Gasteiger partial charge in [-0.25, -0.2) is 4.39 Å². The van der Waals surface area contributed by atoms with Crippen molar-refractivity contribution in [2.75, 3.05) is 13.8 Å². The minimum atomic E-state index is -4.64. The highest BCUT2D eigenvalue weighted by Crippen LogP contribution is 2.32. The van der Waals surface area contributed by atoms with Crippen LogP contribution in [0.1, 0.15) is 6.92 Å². The highest BCUT2D eigenvalue weighted by atomic mass is 19.4. The first-order valence-corrected chi connectivity index (χ1v) is 2.55. The van der Waals surface area contributed by atoms with E-state index < -0.39 is 18.5 Å². The summed E-state index contributed by atoms with van der Waals surface area (Å²) in [5.41, 5.74) is -2.65. The Morgan fingerprint density at radius 2 is 1.70 bits per heavy atom. The molecular formula is C5H8F4O. The third-order valence-electron chi connectivity index (χ3n) is 1.31. The van der Waals surface area contributed by atoms with Gasteiger partial charge in [0.05, 0.1) is 0 Å². The van der Waals surface area contributed by atoms with Crippen LogP contribution in [-0.4, -0.2) is 25.6 Å². The summed E-state index contributed by atoms with van der Waals surface area (Å²) in [6.45, 7) is -0.903. The van der Waals surface area contributed by atoms with Crippen molar-refractivity contribution in [3.8, 4) is 0 Å². The fourth-order valence-electron chi connectivity index (χ4n) is 0.246. The first-order valence-electron chi connectivity index (χ1n) is 2.55. The summed E-state index contributed by atoms with van der Waals surface area (Å²) in [6.07, 6.45) is -4.64. The predicted octanol–water partition coefficient (Wildman–Crippen LogP) is 1.92. The van der Waals surface area contributed by atoms with Gasteiger partial charge in [0.1, 0.15) is 6.67 Å². The molecule has 0 aliphatic heterocycles. The molecule has 1 atom stereocenters. The summed E-state index contributed by atoms with van der Waals surface area (Å²) >= 11 is 0. The second-order valence-electron chi connectivity index (χ2n) is 2.07. The van der Waals surface area contributed by atoms with Crippen LogP contribution in [0.25, 0.3) is 0 Å². The van der Waals surface area contributed by atoms with Crippen molar-refractivity contribution < 1.29 is 22.3 Å². The zero-order valence-corrected chi connectivity index (χ0v) is 5.63. The van der Waals surface area contributed by atoms with Gasteiger partial charge in [0.15, 0.2) is 5.60 Å². The minimum absolute atomic E-state index is 0.660. The van der Waals surface area contributed by atoms with Crippen LogP contribution in [0.5, 0.6) is 0 Å². The molecule has 0 aromatic rings. The summed E-state index contributed by atoms with van der Waals surface area (Å²) < 4.78 is 50.9. The highest BCUT2D eigenvalue weighted by molar-refractivity contribution is 4.82. The van der Waals surface area contributed by atoms with E-state index in [2.05, 4.69) is 4.74 Å². The van der Waals surface area contributed by atoms with Crippen LogP contribution in [0, 0.1) is 0 Å². The lowest BCUT2D eigenvalue weighted by molar-refractivity contribution is -0.266. The minimum Gasteiger partial charge on any atom is -0.366 e. The summed E-state index contributed by atoms with van der Waals surface area (Å²) in [6, 6.07) is 0. The van der Waals surface area contributed by atoms with Gasteiger partial charge in [0.2, 0.25) is 0 Å². The Balaban J connectivity index is 4.33. The van der Waals surface area contributed by atoms with Crippen molar-refractivity contribution in [3.63, 3.8) is 0 Å². The standard InChI is InChI=1S/C5H8F4O/c1-4(3-6,10-2)5(7,8)9/h3H2,1-2H3. The lowest BCUT2D eigenvalue weighted by Crippen LogP contribution is -2.46. The van der Waals surface area contributed by atoms with Crippen LogP contribution in [0.2, 0.25) is 0 Å². The van der Waals surface area contributed by atoms with Gasteiger partial charge in [-0.15, -0.1) is 0 Å². The van der Waals surface area contributed by atoms with Gasteiger partial charge in [-0.2, -0.15) is 13.2 Å². The van der Waals surface area contributed by atoms with Crippen molar-refractivity contribution >= 4 is 0 Å². The predicted molar refractivity (Wildman–Crippen MR) is 27.4 cm³/mol. The lowest BCUT2D eigenvalue weighted by Gasteiger charge is -2.26. The van der Waals surface area contributed by atoms with Crippen LogP contribution >= 0.6 is 0 Å². The van der Waals surface area contributed by atoms with Crippen LogP contribution in [0.15, 0.2) is 0 Å². The van der Waals surface area contributed by atoms with Crippen molar-refractivity contribution in [2.24, 2.45) is 0 Å². The topological polar surface area (TPSA) is 9.23 Å². The molecule has 0 bridgehead atoms. The van der Waals surface area contributed by atoms with E-state index in [9.17, 15) is 17.6 Å². The third kappa shape index (κ3) is 1.59. The molecular weight excluding hydrogens is 152 g/mol. The molecule has 0 aliphatic rings. The number of ether oxygens (including phenoxy) is 1. The Bertz CT molecular complexity index is 105. The van der Waals surface area contributed by atoms with E-state index in [1.54, 1.807) is 0 Å². The Morgan fingerprint density at radius 1 is 1.30 bits per heavy atom. The average Bonchev–Trinajstić information content (AvgIpc) is 1.84. The monoisotopic (exact) mass is 160 g/mol. The van der Waals surface area contributed by atoms with Crippen molar-refractivity contribution in [3.05, 3.63) is 0 Å². The maximum atomic E-state index is 11.7. The van der Waals surface area contributed by atoms with Crippen molar-refractivity contribution in [1.29, 1.82) is 0 Å². The molecule has 0 N–H and O–H groups in total. The van der Waals surface area contributed by atoms with E-state index in [1.807, 2.05) is 0 Å². The second kappa shape index (κ2) is 2.74. The van der Waals surface area contributed by atoms with Crippen molar-refractivity contribution in [2.45, 2.75) is 18.7 Å². The van der Waals surface area contributed by atoms with E-state index in [4.69, 9.17) is 0 Å². The fourth-order valence-corrected chi connectivity index (χ4v) is 0.246. The van der Waals surface area contributed by atoms with Gasteiger partial charge in [0.25, 0.3) is 0 Å². The van der Waals surface area contributed by atoms with Gasteiger partial charge in [-0.1, -0.05) is 0 Å². The van der Waals surface area contributed by atoms with Crippen LogP contribution < -0.4 is 0 Å². The zero-order valence-electron chi connectivity index (χ0n) is 5.63. The molecule has 10 heavy (non-hydrogen) atoms. The molecule has 62 valence electrons. The molecule has 0 aliphatic carbocycles.